The molecule has 1 unspecified atom stereocenters. The summed E-state index contributed by atoms with van der Waals surface area (Å²) >= 11 is 0. The summed E-state index contributed by atoms with van der Waals surface area (Å²) in [5, 5.41) is 10.6. The van der Waals surface area contributed by atoms with Crippen molar-refractivity contribution in [3.05, 3.63) is 29.3 Å². The summed E-state index contributed by atoms with van der Waals surface area (Å²) in [6.45, 7) is 5.28. The number of likely N-dealkylation sites (tertiary alicyclic amines) is 1. The molecule has 0 radical (unpaired) electrons. The molecule has 1 aromatic rings. The van der Waals surface area contributed by atoms with Crippen LogP contribution in [0.4, 0.5) is 5.69 Å². The molecule has 1 amide bonds. The predicted octanol–water partition coefficient (Wildman–Crippen LogP) is 2.90. The van der Waals surface area contributed by atoms with E-state index < -0.39 is 6.10 Å². The summed E-state index contributed by atoms with van der Waals surface area (Å²) in [7, 11) is 0. The first-order valence-corrected chi connectivity index (χ1v) is 8.96. The van der Waals surface area contributed by atoms with Crippen molar-refractivity contribution in [3.63, 3.8) is 0 Å². The van der Waals surface area contributed by atoms with E-state index in [2.05, 4.69) is 11.0 Å². The van der Waals surface area contributed by atoms with Crippen molar-refractivity contribution < 1.29 is 9.90 Å². The first-order chi connectivity index (χ1) is 11.1. The van der Waals surface area contributed by atoms with Gasteiger partial charge < -0.3 is 14.9 Å². The van der Waals surface area contributed by atoms with Crippen LogP contribution in [-0.4, -0.2) is 42.1 Å². The minimum Gasteiger partial charge on any atom is -0.387 e. The van der Waals surface area contributed by atoms with Crippen molar-refractivity contribution in [2.45, 2.75) is 51.6 Å². The Morgan fingerprint density at radius 1 is 1.13 bits per heavy atom. The van der Waals surface area contributed by atoms with Gasteiger partial charge in [0.15, 0.2) is 0 Å². The van der Waals surface area contributed by atoms with E-state index in [1.54, 1.807) is 6.92 Å². The SMILES string of the molecule is CC(=O)N1CCc2cc(C(O)CN3CCCCCCC3)ccc21. The second kappa shape index (κ2) is 7.45. The lowest BCUT2D eigenvalue weighted by Gasteiger charge is -2.27. The van der Waals surface area contributed by atoms with Gasteiger partial charge in [0.25, 0.3) is 0 Å². The summed E-state index contributed by atoms with van der Waals surface area (Å²) in [5.41, 5.74) is 3.18. The Labute approximate surface area is 139 Å². The average molecular weight is 316 g/mol. The maximum Gasteiger partial charge on any atom is 0.223 e. The highest BCUT2D eigenvalue weighted by Gasteiger charge is 2.23. The summed E-state index contributed by atoms with van der Waals surface area (Å²) < 4.78 is 0. The van der Waals surface area contributed by atoms with Gasteiger partial charge >= 0.3 is 0 Å². The highest BCUT2D eigenvalue weighted by Crippen LogP contribution is 2.31. The number of rotatable bonds is 3. The molecule has 1 aromatic carbocycles. The van der Waals surface area contributed by atoms with E-state index in [1.165, 1.54) is 37.7 Å². The van der Waals surface area contributed by atoms with Crippen molar-refractivity contribution in [2.24, 2.45) is 0 Å². The molecule has 2 heterocycles. The van der Waals surface area contributed by atoms with E-state index in [1.807, 2.05) is 17.0 Å². The van der Waals surface area contributed by atoms with Gasteiger partial charge in [-0.2, -0.15) is 0 Å². The Morgan fingerprint density at radius 2 is 1.83 bits per heavy atom. The quantitative estimate of drug-likeness (QED) is 0.932. The van der Waals surface area contributed by atoms with Crippen LogP contribution in [0.5, 0.6) is 0 Å². The summed E-state index contributed by atoms with van der Waals surface area (Å²) in [6, 6.07) is 6.07. The molecule has 0 spiro atoms. The van der Waals surface area contributed by atoms with E-state index in [4.69, 9.17) is 0 Å². The molecule has 0 aromatic heterocycles. The Morgan fingerprint density at radius 3 is 2.52 bits per heavy atom. The van der Waals surface area contributed by atoms with Crippen LogP contribution in [0.1, 0.15) is 56.3 Å². The molecule has 2 aliphatic heterocycles. The molecule has 1 N–H and O–H groups in total. The maximum absolute atomic E-state index is 11.6. The number of aliphatic hydroxyl groups excluding tert-OH is 1. The van der Waals surface area contributed by atoms with Crippen molar-refractivity contribution in [1.29, 1.82) is 0 Å². The minimum absolute atomic E-state index is 0.0951. The number of benzene rings is 1. The first-order valence-electron chi connectivity index (χ1n) is 8.96. The number of aliphatic hydroxyl groups is 1. The Bertz CT molecular complexity index is 550. The van der Waals surface area contributed by atoms with Crippen LogP contribution in [-0.2, 0) is 11.2 Å². The topological polar surface area (TPSA) is 43.8 Å². The van der Waals surface area contributed by atoms with Crippen LogP contribution in [0, 0.1) is 0 Å². The number of hydrogen-bond acceptors (Lipinski definition) is 3. The van der Waals surface area contributed by atoms with Gasteiger partial charge in [-0.15, -0.1) is 0 Å². The Kier molecular flexibility index (Phi) is 5.34. The normalized spacial score (nSPS) is 20.7. The van der Waals surface area contributed by atoms with Gasteiger partial charge in [0.2, 0.25) is 5.91 Å². The summed E-state index contributed by atoms with van der Waals surface area (Å²) in [6.07, 6.45) is 6.91. The smallest absolute Gasteiger partial charge is 0.223 e. The number of hydrogen-bond donors (Lipinski definition) is 1. The molecule has 1 atom stereocenters. The fourth-order valence-corrected chi connectivity index (χ4v) is 3.80. The molecule has 1 fully saturated rings. The highest BCUT2D eigenvalue weighted by molar-refractivity contribution is 5.93. The first kappa shape index (κ1) is 16.5. The van der Waals surface area contributed by atoms with Crippen LogP contribution >= 0.6 is 0 Å². The number of amides is 1. The molecule has 2 aliphatic rings. The summed E-state index contributed by atoms with van der Waals surface area (Å²) in [5.74, 6) is 0.0951. The van der Waals surface area contributed by atoms with Gasteiger partial charge in [-0.05, 0) is 49.5 Å². The lowest BCUT2D eigenvalue weighted by atomic mass is 10.0. The van der Waals surface area contributed by atoms with Crippen molar-refractivity contribution in [3.8, 4) is 0 Å². The van der Waals surface area contributed by atoms with Crippen LogP contribution in [0.2, 0.25) is 0 Å². The molecule has 3 rings (SSSR count). The fraction of sp³-hybridized carbons (Fsp3) is 0.632. The standard InChI is InChI=1S/C19H28N2O2/c1-15(22)21-12-9-16-13-17(7-8-18(16)21)19(23)14-20-10-5-3-2-4-6-11-20/h7-8,13,19,23H,2-6,9-12,14H2,1H3. The third-order valence-electron chi connectivity index (χ3n) is 5.14. The van der Waals surface area contributed by atoms with E-state index in [9.17, 15) is 9.90 Å². The number of carbonyl (C=O) groups is 1. The largest absolute Gasteiger partial charge is 0.387 e. The van der Waals surface area contributed by atoms with Crippen LogP contribution in [0.15, 0.2) is 18.2 Å². The third-order valence-corrected chi connectivity index (χ3v) is 5.14. The van der Waals surface area contributed by atoms with Crippen LogP contribution in [0.25, 0.3) is 0 Å². The molecular weight excluding hydrogens is 288 g/mol. The fourth-order valence-electron chi connectivity index (χ4n) is 3.80. The van der Waals surface area contributed by atoms with E-state index in [0.717, 1.165) is 43.9 Å². The third kappa shape index (κ3) is 3.93. The summed E-state index contributed by atoms with van der Waals surface area (Å²) in [4.78, 5) is 15.8. The zero-order valence-electron chi connectivity index (χ0n) is 14.1. The average Bonchev–Trinajstić information content (AvgIpc) is 2.92. The van der Waals surface area contributed by atoms with E-state index in [-0.39, 0.29) is 5.91 Å². The van der Waals surface area contributed by atoms with Crippen LogP contribution < -0.4 is 4.90 Å². The molecule has 0 bridgehead atoms. The molecule has 1 saturated heterocycles. The number of fused-ring (bicyclic) bond motifs is 1. The zero-order chi connectivity index (χ0) is 16.2. The molecule has 0 aliphatic carbocycles. The number of anilines is 1. The minimum atomic E-state index is -0.439. The van der Waals surface area contributed by atoms with Gasteiger partial charge in [0.05, 0.1) is 6.10 Å². The molecule has 126 valence electrons. The molecule has 23 heavy (non-hydrogen) atoms. The maximum atomic E-state index is 11.6. The van der Waals surface area contributed by atoms with Crippen LogP contribution in [0.3, 0.4) is 0 Å². The lowest BCUT2D eigenvalue weighted by Crippen LogP contribution is -2.31. The van der Waals surface area contributed by atoms with Gasteiger partial charge in [0.1, 0.15) is 0 Å². The molecule has 4 nitrogen and oxygen atoms in total. The predicted molar refractivity (Wildman–Crippen MR) is 92.7 cm³/mol. The number of β-amino-alcohol motifs (C(OH)–C–C–N with tert-alkyl or cyclic N) is 1. The lowest BCUT2D eigenvalue weighted by molar-refractivity contribution is -0.116. The second-order valence-electron chi connectivity index (χ2n) is 6.89. The van der Waals surface area contributed by atoms with Gasteiger partial charge in [-0.1, -0.05) is 31.4 Å². The molecule has 0 saturated carbocycles. The number of carbonyl (C=O) groups excluding carboxylic acids is 1. The van der Waals surface area contributed by atoms with E-state index >= 15 is 0 Å². The van der Waals surface area contributed by atoms with Gasteiger partial charge in [0, 0.05) is 25.7 Å². The zero-order valence-corrected chi connectivity index (χ0v) is 14.1. The van der Waals surface area contributed by atoms with Crippen molar-refractivity contribution in [1.82, 2.24) is 4.90 Å². The van der Waals surface area contributed by atoms with Crippen molar-refractivity contribution in [2.75, 3.05) is 31.1 Å². The van der Waals surface area contributed by atoms with Gasteiger partial charge in [-0.3, -0.25) is 4.79 Å². The van der Waals surface area contributed by atoms with Gasteiger partial charge in [-0.25, -0.2) is 0 Å². The highest BCUT2D eigenvalue weighted by atomic mass is 16.3. The Balaban J connectivity index is 1.66. The second-order valence-corrected chi connectivity index (χ2v) is 6.89. The Hall–Kier alpha value is -1.39. The molecule has 4 heteroatoms. The van der Waals surface area contributed by atoms with Crippen molar-refractivity contribution >= 4 is 11.6 Å². The molecular formula is C19H28N2O2. The van der Waals surface area contributed by atoms with E-state index in [0.29, 0.717) is 0 Å². The monoisotopic (exact) mass is 316 g/mol. The number of nitrogens with zero attached hydrogens (tertiary/aromatic N) is 2.